The summed E-state index contributed by atoms with van der Waals surface area (Å²) in [7, 11) is 1.82. The summed E-state index contributed by atoms with van der Waals surface area (Å²) < 4.78 is 5.89. The molecule has 3 fully saturated rings. The highest BCUT2D eigenvalue weighted by Crippen LogP contribution is 2.27. The molecule has 0 aromatic carbocycles. The van der Waals surface area contributed by atoms with Crippen LogP contribution in [0.25, 0.3) is 0 Å². The Morgan fingerprint density at radius 1 is 1.07 bits per heavy atom. The smallest absolute Gasteiger partial charge is 0.225 e. The van der Waals surface area contributed by atoms with Gasteiger partial charge in [0.2, 0.25) is 5.91 Å². The van der Waals surface area contributed by atoms with Crippen LogP contribution in [0.4, 0.5) is 0 Å². The van der Waals surface area contributed by atoms with Crippen molar-refractivity contribution < 1.29 is 9.53 Å². The molecule has 2 saturated heterocycles. The van der Waals surface area contributed by atoms with Gasteiger partial charge in [-0.2, -0.15) is 0 Å². The normalized spacial score (nSPS) is 29.8. The molecule has 0 aromatic heterocycles. The summed E-state index contributed by atoms with van der Waals surface area (Å²) in [6.07, 6.45) is 7.36. The van der Waals surface area contributed by atoms with Crippen molar-refractivity contribution in [1.29, 1.82) is 0 Å². The Labute approximate surface area is 183 Å². The summed E-state index contributed by atoms with van der Waals surface area (Å²) in [5.74, 6) is 1.46. The van der Waals surface area contributed by atoms with Crippen LogP contribution in [0.3, 0.4) is 0 Å². The molecule has 1 amide bonds. The van der Waals surface area contributed by atoms with Gasteiger partial charge in [0.15, 0.2) is 5.96 Å². The number of carbonyl (C=O) groups is 1. The minimum Gasteiger partial charge on any atom is -0.373 e. The highest BCUT2D eigenvalue weighted by molar-refractivity contribution is 5.81. The summed E-state index contributed by atoms with van der Waals surface area (Å²) in [4.78, 5) is 21.8. The van der Waals surface area contributed by atoms with Gasteiger partial charge >= 0.3 is 0 Å². The molecule has 3 unspecified atom stereocenters. The molecular weight excluding hydrogens is 378 g/mol. The molecule has 1 saturated carbocycles. The molecule has 7 nitrogen and oxygen atoms in total. The van der Waals surface area contributed by atoms with Gasteiger partial charge < -0.3 is 20.3 Å². The van der Waals surface area contributed by atoms with Gasteiger partial charge in [-0.1, -0.05) is 19.3 Å². The molecule has 3 aliphatic rings. The van der Waals surface area contributed by atoms with Crippen LogP contribution in [-0.2, 0) is 9.53 Å². The van der Waals surface area contributed by atoms with Gasteiger partial charge in [-0.25, -0.2) is 0 Å². The van der Waals surface area contributed by atoms with Crippen LogP contribution in [0.2, 0.25) is 0 Å². The van der Waals surface area contributed by atoms with Gasteiger partial charge in [-0.15, -0.1) is 0 Å². The number of ether oxygens (including phenoxy) is 1. The molecule has 2 N–H and O–H groups in total. The van der Waals surface area contributed by atoms with Crippen molar-refractivity contribution in [1.82, 2.24) is 20.4 Å². The number of nitrogens with zero attached hydrogens (tertiary/aromatic N) is 3. The highest BCUT2D eigenvalue weighted by atomic mass is 16.5. The Morgan fingerprint density at radius 3 is 2.37 bits per heavy atom. The van der Waals surface area contributed by atoms with E-state index in [1.54, 1.807) is 0 Å². The average Bonchev–Trinajstić information content (AvgIpc) is 3.19. The number of hydrogen-bond donors (Lipinski definition) is 2. The van der Waals surface area contributed by atoms with Crippen LogP contribution < -0.4 is 10.6 Å². The second kappa shape index (κ2) is 10.3. The molecule has 1 aliphatic carbocycles. The summed E-state index contributed by atoms with van der Waals surface area (Å²) in [6, 6.07) is 0.273. The first-order chi connectivity index (χ1) is 14.3. The van der Waals surface area contributed by atoms with E-state index in [1.807, 2.05) is 7.05 Å². The van der Waals surface area contributed by atoms with Crippen LogP contribution in [0.1, 0.15) is 66.2 Å². The Morgan fingerprint density at radius 2 is 1.73 bits per heavy atom. The van der Waals surface area contributed by atoms with E-state index in [0.717, 1.165) is 57.9 Å². The minimum absolute atomic E-state index is 0.00256. The van der Waals surface area contributed by atoms with E-state index in [-0.39, 0.29) is 29.7 Å². The van der Waals surface area contributed by atoms with Crippen LogP contribution >= 0.6 is 0 Å². The van der Waals surface area contributed by atoms with E-state index >= 15 is 0 Å². The number of nitrogens with one attached hydrogen (secondary N) is 2. The fourth-order valence-corrected chi connectivity index (χ4v) is 5.16. The standard InChI is InChI=1S/C23H43N5O2/c1-17-13-28(14-18(2)30-17)23(3,4)16-25-22(24-5)26-20-11-12-27(15-20)21(29)19-9-7-6-8-10-19/h17-20H,6-16H2,1-5H3,(H2,24,25,26). The van der Waals surface area contributed by atoms with E-state index in [2.05, 4.69) is 53.1 Å². The van der Waals surface area contributed by atoms with Crippen molar-refractivity contribution in [3.8, 4) is 0 Å². The Hall–Kier alpha value is -1.34. The highest BCUT2D eigenvalue weighted by Gasteiger charge is 2.34. The fourth-order valence-electron chi connectivity index (χ4n) is 5.16. The fraction of sp³-hybridized carbons (Fsp3) is 0.913. The number of amides is 1. The predicted octanol–water partition coefficient (Wildman–Crippen LogP) is 2.22. The molecule has 0 radical (unpaired) electrons. The number of hydrogen-bond acceptors (Lipinski definition) is 4. The third kappa shape index (κ3) is 6.10. The lowest BCUT2D eigenvalue weighted by atomic mass is 9.88. The Kier molecular flexibility index (Phi) is 8.02. The molecule has 2 heterocycles. The molecule has 7 heteroatoms. The average molecular weight is 422 g/mol. The van der Waals surface area contributed by atoms with Gasteiger partial charge in [0, 0.05) is 57.3 Å². The summed E-state index contributed by atoms with van der Waals surface area (Å²) in [5, 5.41) is 7.07. The molecule has 3 rings (SSSR count). The van der Waals surface area contributed by atoms with E-state index in [1.165, 1.54) is 19.3 Å². The van der Waals surface area contributed by atoms with Crippen molar-refractivity contribution >= 4 is 11.9 Å². The number of guanidine groups is 1. The molecule has 0 bridgehead atoms. The van der Waals surface area contributed by atoms with Gasteiger partial charge in [0.05, 0.1) is 12.2 Å². The maximum absolute atomic E-state index is 12.8. The lowest BCUT2D eigenvalue weighted by molar-refractivity contribution is -0.135. The third-order valence-corrected chi connectivity index (χ3v) is 6.98. The topological polar surface area (TPSA) is 69.2 Å². The van der Waals surface area contributed by atoms with E-state index in [0.29, 0.717) is 5.91 Å². The van der Waals surface area contributed by atoms with Gasteiger partial charge in [-0.3, -0.25) is 14.7 Å². The summed E-state index contributed by atoms with van der Waals surface area (Å²) >= 11 is 0. The Bertz CT molecular complexity index is 592. The zero-order valence-electron chi connectivity index (χ0n) is 19.7. The van der Waals surface area contributed by atoms with E-state index in [4.69, 9.17) is 4.74 Å². The molecule has 172 valence electrons. The van der Waals surface area contributed by atoms with Crippen LogP contribution in [-0.4, -0.2) is 85.2 Å². The van der Waals surface area contributed by atoms with Crippen molar-refractivity contribution in [2.75, 3.05) is 39.8 Å². The summed E-state index contributed by atoms with van der Waals surface area (Å²) in [5.41, 5.74) is 0.00256. The number of aliphatic imine (C=N–C) groups is 1. The van der Waals surface area contributed by atoms with Crippen LogP contribution in [0.5, 0.6) is 0 Å². The maximum atomic E-state index is 12.8. The van der Waals surface area contributed by atoms with Gasteiger partial charge in [0.25, 0.3) is 0 Å². The number of rotatable bonds is 5. The lowest BCUT2D eigenvalue weighted by Gasteiger charge is -2.45. The molecule has 30 heavy (non-hydrogen) atoms. The number of carbonyl (C=O) groups excluding carboxylic acids is 1. The summed E-state index contributed by atoms with van der Waals surface area (Å²) in [6.45, 7) is 13.2. The number of morpholine rings is 1. The minimum atomic E-state index is 0.00256. The Balaban J connectivity index is 1.46. The second-order valence-corrected chi connectivity index (χ2v) is 10.1. The first-order valence-electron chi connectivity index (χ1n) is 11.9. The monoisotopic (exact) mass is 421 g/mol. The molecule has 3 atom stereocenters. The first-order valence-corrected chi connectivity index (χ1v) is 11.9. The predicted molar refractivity (Wildman–Crippen MR) is 122 cm³/mol. The van der Waals surface area contributed by atoms with Crippen LogP contribution in [0.15, 0.2) is 4.99 Å². The van der Waals surface area contributed by atoms with E-state index < -0.39 is 0 Å². The van der Waals surface area contributed by atoms with Crippen molar-refractivity contribution in [3.63, 3.8) is 0 Å². The largest absolute Gasteiger partial charge is 0.373 e. The maximum Gasteiger partial charge on any atom is 0.225 e. The van der Waals surface area contributed by atoms with Gasteiger partial charge in [0.1, 0.15) is 0 Å². The third-order valence-electron chi connectivity index (χ3n) is 6.98. The van der Waals surface area contributed by atoms with Crippen molar-refractivity contribution in [2.45, 2.75) is 90.0 Å². The molecule has 0 aromatic rings. The number of likely N-dealkylation sites (tertiary alicyclic amines) is 1. The van der Waals surface area contributed by atoms with E-state index in [9.17, 15) is 4.79 Å². The van der Waals surface area contributed by atoms with Crippen LogP contribution in [0, 0.1) is 5.92 Å². The lowest BCUT2D eigenvalue weighted by Crippen LogP contribution is -2.59. The van der Waals surface area contributed by atoms with Gasteiger partial charge in [-0.05, 0) is 47.0 Å². The molecule has 0 spiro atoms. The second-order valence-electron chi connectivity index (χ2n) is 10.1. The molecule has 2 aliphatic heterocycles. The zero-order chi connectivity index (χ0) is 21.7. The van der Waals surface area contributed by atoms with Crippen molar-refractivity contribution in [2.24, 2.45) is 10.9 Å². The zero-order valence-corrected chi connectivity index (χ0v) is 19.7. The van der Waals surface area contributed by atoms with Crippen molar-refractivity contribution in [3.05, 3.63) is 0 Å². The molecular formula is C23H43N5O2. The SMILES string of the molecule is CN=C(NCC(C)(C)N1CC(C)OC(C)C1)NC1CCN(C(=O)C2CCCCC2)C1. The first kappa shape index (κ1) is 23.3. The quantitative estimate of drug-likeness (QED) is 0.526.